The van der Waals surface area contributed by atoms with Gasteiger partial charge in [-0.1, -0.05) is 0 Å². The molecular formula is C15H18N4O2. The van der Waals surface area contributed by atoms with Crippen LogP contribution in [-0.2, 0) is 0 Å². The quantitative estimate of drug-likeness (QED) is 0.883. The third-order valence-corrected chi connectivity index (χ3v) is 2.90. The second-order valence-corrected chi connectivity index (χ2v) is 4.46. The summed E-state index contributed by atoms with van der Waals surface area (Å²) in [5.41, 5.74) is 1.91. The summed E-state index contributed by atoms with van der Waals surface area (Å²) in [6, 6.07) is 5.44. The van der Waals surface area contributed by atoms with Gasteiger partial charge in [0.1, 0.15) is 17.3 Å². The summed E-state index contributed by atoms with van der Waals surface area (Å²) in [6.45, 7) is 4.64. The Morgan fingerprint density at radius 1 is 1.29 bits per heavy atom. The average molecular weight is 286 g/mol. The molecule has 0 fully saturated rings. The first kappa shape index (κ1) is 14.8. The van der Waals surface area contributed by atoms with Crippen molar-refractivity contribution in [3.8, 4) is 5.75 Å². The first-order valence-corrected chi connectivity index (χ1v) is 6.66. The van der Waals surface area contributed by atoms with Crippen molar-refractivity contribution in [2.45, 2.75) is 13.8 Å². The van der Waals surface area contributed by atoms with Crippen LogP contribution < -0.4 is 15.4 Å². The Labute approximate surface area is 123 Å². The molecule has 0 bridgehead atoms. The number of carbonyl (C=O) groups is 1. The number of aromatic nitrogens is 2. The van der Waals surface area contributed by atoms with Gasteiger partial charge in [-0.05, 0) is 37.6 Å². The lowest BCUT2D eigenvalue weighted by Crippen LogP contribution is -2.14. The molecule has 21 heavy (non-hydrogen) atoms. The van der Waals surface area contributed by atoms with Crippen LogP contribution in [0.15, 0.2) is 30.6 Å². The van der Waals surface area contributed by atoms with Crippen LogP contribution in [0, 0.1) is 6.92 Å². The van der Waals surface area contributed by atoms with Crippen molar-refractivity contribution >= 4 is 17.4 Å². The monoisotopic (exact) mass is 286 g/mol. The van der Waals surface area contributed by atoms with Crippen molar-refractivity contribution in [1.29, 1.82) is 0 Å². The minimum absolute atomic E-state index is 0.269. The number of ether oxygens (including phenoxy) is 1. The molecule has 1 heterocycles. The maximum atomic E-state index is 12.1. The first-order chi connectivity index (χ1) is 10.1. The van der Waals surface area contributed by atoms with E-state index in [0.717, 1.165) is 17.9 Å². The number of nitrogens with one attached hydrogen (secondary N) is 2. The number of rotatable bonds is 5. The highest BCUT2D eigenvalue weighted by atomic mass is 16.5. The average Bonchev–Trinajstić information content (AvgIpc) is 2.48. The van der Waals surface area contributed by atoms with E-state index in [1.54, 1.807) is 13.2 Å². The van der Waals surface area contributed by atoms with Crippen LogP contribution >= 0.6 is 0 Å². The fraction of sp³-hybridized carbons (Fsp3) is 0.267. The van der Waals surface area contributed by atoms with Crippen molar-refractivity contribution in [3.63, 3.8) is 0 Å². The molecule has 1 amide bonds. The number of nitrogens with zero attached hydrogens (tertiary/aromatic N) is 2. The topological polar surface area (TPSA) is 76.1 Å². The molecule has 0 aliphatic heterocycles. The molecule has 0 radical (unpaired) electrons. The van der Waals surface area contributed by atoms with Crippen molar-refractivity contribution in [1.82, 2.24) is 9.97 Å². The second-order valence-electron chi connectivity index (χ2n) is 4.46. The van der Waals surface area contributed by atoms with Crippen molar-refractivity contribution in [2.24, 2.45) is 0 Å². The number of aryl methyl sites for hydroxylation is 1. The van der Waals surface area contributed by atoms with Gasteiger partial charge in [0.05, 0.1) is 19.5 Å². The van der Waals surface area contributed by atoms with E-state index in [-0.39, 0.29) is 11.6 Å². The molecule has 6 nitrogen and oxygen atoms in total. The third kappa shape index (κ3) is 3.68. The van der Waals surface area contributed by atoms with E-state index in [2.05, 4.69) is 20.6 Å². The predicted molar refractivity (Wildman–Crippen MR) is 81.9 cm³/mol. The van der Waals surface area contributed by atoms with Gasteiger partial charge in [0.25, 0.3) is 5.91 Å². The zero-order valence-electron chi connectivity index (χ0n) is 12.3. The molecule has 0 unspecified atom stereocenters. The molecule has 1 aromatic carbocycles. The SMILES string of the molecule is CCNc1cnc(C(=O)Nc2ccc(OC)c(C)c2)cn1. The van der Waals surface area contributed by atoms with Crippen LogP contribution in [0.2, 0.25) is 0 Å². The molecule has 0 atom stereocenters. The Hall–Kier alpha value is -2.63. The van der Waals surface area contributed by atoms with E-state index >= 15 is 0 Å². The third-order valence-electron chi connectivity index (χ3n) is 2.90. The Balaban J connectivity index is 2.08. The summed E-state index contributed by atoms with van der Waals surface area (Å²) < 4.78 is 5.18. The highest BCUT2D eigenvalue weighted by Crippen LogP contribution is 2.21. The second kappa shape index (κ2) is 6.69. The highest BCUT2D eigenvalue weighted by Gasteiger charge is 2.09. The summed E-state index contributed by atoms with van der Waals surface area (Å²) >= 11 is 0. The van der Waals surface area contributed by atoms with Crippen LogP contribution in [0.3, 0.4) is 0 Å². The molecule has 2 aromatic rings. The lowest BCUT2D eigenvalue weighted by molar-refractivity contribution is 0.102. The number of benzene rings is 1. The molecule has 0 saturated carbocycles. The van der Waals surface area contributed by atoms with Gasteiger partial charge in [-0.15, -0.1) is 0 Å². The molecule has 2 N–H and O–H groups in total. The lowest BCUT2D eigenvalue weighted by atomic mass is 10.2. The van der Waals surface area contributed by atoms with E-state index in [0.29, 0.717) is 11.5 Å². The number of amides is 1. The molecular weight excluding hydrogens is 268 g/mol. The Morgan fingerprint density at radius 3 is 2.67 bits per heavy atom. The summed E-state index contributed by atoms with van der Waals surface area (Å²) in [4.78, 5) is 20.3. The summed E-state index contributed by atoms with van der Waals surface area (Å²) in [5.74, 6) is 1.13. The van der Waals surface area contributed by atoms with Crippen LogP contribution in [0.4, 0.5) is 11.5 Å². The van der Waals surface area contributed by atoms with Crippen molar-refractivity contribution in [3.05, 3.63) is 41.9 Å². The Morgan fingerprint density at radius 2 is 2.10 bits per heavy atom. The summed E-state index contributed by atoms with van der Waals surface area (Å²) in [7, 11) is 1.61. The van der Waals surface area contributed by atoms with Gasteiger partial charge in [-0.2, -0.15) is 0 Å². The smallest absolute Gasteiger partial charge is 0.275 e. The number of hydrogen-bond acceptors (Lipinski definition) is 5. The molecule has 2 rings (SSSR count). The van der Waals surface area contributed by atoms with Gasteiger partial charge < -0.3 is 15.4 Å². The largest absolute Gasteiger partial charge is 0.496 e. The maximum absolute atomic E-state index is 12.1. The highest BCUT2D eigenvalue weighted by molar-refractivity contribution is 6.02. The molecule has 0 spiro atoms. The van der Waals surface area contributed by atoms with E-state index in [9.17, 15) is 4.79 Å². The Bertz CT molecular complexity index is 626. The minimum Gasteiger partial charge on any atom is -0.496 e. The maximum Gasteiger partial charge on any atom is 0.275 e. The number of anilines is 2. The molecule has 0 saturated heterocycles. The van der Waals surface area contributed by atoms with E-state index < -0.39 is 0 Å². The lowest BCUT2D eigenvalue weighted by Gasteiger charge is -2.09. The normalized spacial score (nSPS) is 10.0. The molecule has 1 aromatic heterocycles. The fourth-order valence-electron chi connectivity index (χ4n) is 1.87. The predicted octanol–water partition coefficient (Wildman–Crippen LogP) is 2.48. The van der Waals surface area contributed by atoms with Crippen molar-refractivity contribution in [2.75, 3.05) is 24.3 Å². The molecule has 110 valence electrons. The fourth-order valence-corrected chi connectivity index (χ4v) is 1.87. The summed E-state index contributed by atoms with van der Waals surface area (Å²) in [5, 5.41) is 5.81. The van der Waals surface area contributed by atoms with Crippen LogP contribution in [0.5, 0.6) is 5.75 Å². The van der Waals surface area contributed by atoms with E-state index in [4.69, 9.17) is 4.74 Å². The molecule has 0 aliphatic rings. The standard InChI is InChI=1S/C15H18N4O2/c1-4-16-14-9-17-12(8-18-14)15(20)19-11-5-6-13(21-3)10(2)7-11/h5-9H,4H2,1-3H3,(H,16,18)(H,19,20). The molecule has 0 aliphatic carbocycles. The van der Waals surface area contributed by atoms with E-state index in [1.807, 2.05) is 26.0 Å². The zero-order valence-corrected chi connectivity index (χ0v) is 12.3. The van der Waals surface area contributed by atoms with Gasteiger partial charge in [-0.25, -0.2) is 9.97 Å². The van der Waals surface area contributed by atoms with Crippen LogP contribution in [-0.4, -0.2) is 29.5 Å². The number of methoxy groups -OCH3 is 1. The van der Waals surface area contributed by atoms with Gasteiger partial charge >= 0.3 is 0 Å². The Kier molecular flexibility index (Phi) is 4.71. The summed E-state index contributed by atoms with van der Waals surface area (Å²) in [6.07, 6.45) is 2.99. The van der Waals surface area contributed by atoms with Crippen molar-refractivity contribution < 1.29 is 9.53 Å². The molecule has 6 heteroatoms. The minimum atomic E-state index is -0.296. The van der Waals surface area contributed by atoms with Gasteiger partial charge in [0.15, 0.2) is 0 Å². The van der Waals surface area contributed by atoms with E-state index in [1.165, 1.54) is 12.4 Å². The first-order valence-electron chi connectivity index (χ1n) is 6.66. The zero-order chi connectivity index (χ0) is 15.2. The van der Waals surface area contributed by atoms with Gasteiger partial charge in [0, 0.05) is 12.2 Å². The number of carbonyl (C=O) groups excluding carboxylic acids is 1. The van der Waals surface area contributed by atoms with Gasteiger partial charge in [0.2, 0.25) is 0 Å². The van der Waals surface area contributed by atoms with Crippen LogP contribution in [0.25, 0.3) is 0 Å². The number of hydrogen-bond donors (Lipinski definition) is 2. The van der Waals surface area contributed by atoms with Gasteiger partial charge in [-0.3, -0.25) is 4.79 Å². The van der Waals surface area contributed by atoms with Crippen LogP contribution in [0.1, 0.15) is 23.0 Å².